The van der Waals surface area contributed by atoms with E-state index in [0.717, 1.165) is 12.2 Å². The second kappa shape index (κ2) is 7.43. The molecule has 0 aliphatic rings. The standard InChI is InChI=1S/C8H16O3S/c1-7(3-4-8(10)11)12-6-2-5-9/h7,9H,2-6H2,1H3,(H,10,11). The molecule has 0 aliphatic carbocycles. The first-order valence-corrected chi connectivity index (χ1v) is 5.16. The zero-order chi connectivity index (χ0) is 9.40. The van der Waals surface area contributed by atoms with Crippen LogP contribution in [0.1, 0.15) is 26.2 Å². The van der Waals surface area contributed by atoms with Crippen molar-refractivity contribution in [3.05, 3.63) is 0 Å². The van der Waals surface area contributed by atoms with Gasteiger partial charge < -0.3 is 10.2 Å². The Morgan fingerprint density at radius 2 is 2.25 bits per heavy atom. The first-order valence-electron chi connectivity index (χ1n) is 4.11. The van der Waals surface area contributed by atoms with Crippen LogP contribution in [0.5, 0.6) is 0 Å². The Morgan fingerprint density at radius 3 is 2.75 bits per heavy atom. The molecule has 1 atom stereocenters. The van der Waals surface area contributed by atoms with E-state index in [9.17, 15) is 4.79 Å². The summed E-state index contributed by atoms with van der Waals surface area (Å²) in [6.45, 7) is 2.24. The first kappa shape index (κ1) is 11.8. The van der Waals surface area contributed by atoms with Gasteiger partial charge in [0, 0.05) is 18.3 Å². The topological polar surface area (TPSA) is 57.5 Å². The van der Waals surface area contributed by atoms with Crippen molar-refractivity contribution in [1.82, 2.24) is 0 Å². The van der Waals surface area contributed by atoms with E-state index in [0.29, 0.717) is 11.7 Å². The number of carbonyl (C=O) groups is 1. The molecule has 0 saturated carbocycles. The van der Waals surface area contributed by atoms with E-state index < -0.39 is 5.97 Å². The third kappa shape index (κ3) is 7.88. The van der Waals surface area contributed by atoms with Gasteiger partial charge in [-0.2, -0.15) is 11.8 Å². The lowest BCUT2D eigenvalue weighted by atomic mass is 10.2. The molecule has 0 fully saturated rings. The third-order valence-electron chi connectivity index (χ3n) is 1.47. The summed E-state index contributed by atoms with van der Waals surface area (Å²) in [4.78, 5) is 10.2. The molecule has 0 radical (unpaired) electrons. The Bertz CT molecular complexity index is 127. The predicted octanol–water partition coefficient (Wildman–Crippen LogP) is 1.36. The Kier molecular flexibility index (Phi) is 7.29. The molecule has 3 nitrogen and oxygen atoms in total. The van der Waals surface area contributed by atoms with Gasteiger partial charge in [-0.3, -0.25) is 4.79 Å². The van der Waals surface area contributed by atoms with Gasteiger partial charge in [-0.05, 0) is 18.6 Å². The van der Waals surface area contributed by atoms with Gasteiger partial charge in [0.05, 0.1) is 0 Å². The lowest BCUT2D eigenvalue weighted by molar-refractivity contribution is -0.137. The molecule has 0 aromatic heterocycles. The van der Waals surface area contributed by atoms with Crippen molar-refractivity contribution < 1.29 is 15.0 Å². The zero-order valence-corrected chi connectivity index (χ0v) is 8.14. The van der Waals surface area contributed by atoms with Gasteiger partial charge in [0.15, 0.2) is 0 Å². The fourth-order valence-electron chi connectivity index (χ4n) is 0.759. The summed E-state index contributed by atoms with van der Waals surface area (Å²) in [7, 11) is 0. The zero-order valence-electron chi connectivity index (χ0n) is 7.32. The van der Waals surface area contributed by atoms with Crippen molar-refractivity contribution >= 4 is 17.7 Å². The van der Waals surface area contributed by atoms with Crippen LogP contribution in [0.25, 0.3) is 0 Å². The summed E-state index contributed by atoms with van der Waals surface area (Å²) < 4.78 is 0. The van der Waals surface area contributed by atoms with Crippen LogP contribution in [0.2, 0.25) is 0 Å². The Labute approximate surface area is 77.2 Å². The number of aliphatic hydroxyl groups excluding tert-OH is 1. The van der Waals surface area contributed by atoms with Crippen LogP contribution >= 0.6 is 11.8 Å². The molecule has 4 heteroatoms. The lowest BCUT2D eigenvalue weighted by Gasteiger charge is -2.08. The quantitative estimate of drug-likeness (QED) is 0.598. The van der Waals surface area contributed by atoms with E-state index in [4.69, 9.17) is 10.2 Å². The number of thioether (sulfide) groups is 1. The summed E-state index contributed by atoms with van der Waals surface area (Å²) >= 11 is 1.72. The lowest BCUT2D eigenvalue weighted by Crippen LogP contribution is -2.03. The molecular formula is C8H16O3S. The number of aliphatic carboxylic acids is 1. The first-order chi connectivity index (χ1) is 5.66. The van der Waals surface area contributed by atoms with Gasteiger partial charge in [0.25, 0.3) is 0 Å². The summed E-state index contributed by atoms with van der Waals surface area (Å²) in [5.74, 6) is 0.182. The minimum Gasteiger partial charge on any atom is -0.481 e. The highest BCUT2D eigenvalue weighted by Crippen LogP contribution is 2.16. The van der Waals surface area contributed by atoms with E-state index in [2.05, 4.69) is 0 Å². The summed E-state index contributed by atoms with van der Waals surface area (Å²) in [6.07, 6.45) is 1.75. The number of carboxylic acid groups (broad SMARTS) is 1. The Hall–Kier alpha value is -0.220. The fourth-order valence-corrected chi connectivity index (χ4v) is 1.74. The molecule has 0 amide bonds. The van der Waals surface area contributed by atoms with Crippen LogP contribution in [0.4, 0.5) is 0 Å². The molecule has 0 aromatic rings. The van der Waals surface area contributed by atoms with Gasteiger partial charge >= 0.3 is 5.97 Å². The Balaban J connectivity index is 3.21. The molecule has 0 aromatic carbocycles. The fraction of sp³-hybridized carbons (Fsp3) is 0.875. The molecule has 2 N–H and O–H groups in total. The van der Waals surface area contributed by atoms with Gasteiger partial charge in [0.1, 0.15) is 0 Å². The largest absolute Gasteiger partial charge is 0.481 e. The second-order valence-electron chi connectivity index (χ2n) is 2.69. The summed E-state index contributed by atoms with van der Waals surface area (Å²) in [6, 6.07) is 0. The number of carboxylic acids is 1. The summed E-state index contributed by atoms with van der Waals surface area (Å²) in [5.41, 5.74) is 0. The van der Waals surface area contributed by atoms with Crippen molar-refractivity contribution in [2.75, 3.05) is 12.4 Å². The average molecular weight is 192 g/mol. The SMILES string of the molecule is CC(CCC(=O)O)SCCCO. The smallest absolute Gasteiger partial charge is 0.303 e. The second-order valence-corrected chi connectivity index (χ2v) is 4.24. The monoisotopic (exact) mass is 192 g/mol. The van der Waals surface area contributed by atoms with E-state index in [1.807, 2.05) is 6.92 Å². The van der Waals surface area contributed by atoms with Crippen molar-refractivity contribution in [1.29, 1.82) is 0 Å². The van der Waals surface area contributed by atoms with Crippen LogP contribution < -0.4 is 0 Å². The predicted molar refractivity (Wildman–Crippen MR) is 50.5 cm³/mol. The highest BCUT2D eigenvalue weighted by molar-refractivity contribution is 7.99. The minimum atomic E-state index is -0.732. The molecule has 12 heavy (non-hydrogen) atoms. The molecule has 0 aliphatic heterocycles. The van der Waals surface area contributed by atoms with E-state index in [-0.39, 0.29) is 13.0 Å². The molecule has 0 saturated heterocycles. The van der Waals surface area contributed by atoms with Gasteiger partial charge in [-0.1, -0.05) is 6.92 Å². The van der Waals surface area contributed by atoms with Gasteiger partial charge in [0.2, 0.25) is 0 Å². The van der Waals surface area contributed by atoms with Crippen LogP contribution in [0.15, 0.2) is 0 Å². The van der Waals surface area contributed by atoms with Gasteiger partial charge in [-0.15, -0.1) is 0 Å². The highest BCUT2D eigenvalue weighted by atomic mass is 32.2. The highest BCUT2D eigenvalue weighted by Gasteiger charge is 2.04. The maximum absolute atomic E-state index is 10.2. The minimum absolute atomic E-state index is 0.221. The average Bonchev–Trinajstić information content (AvgIpc) is 2.01. The van der Waals surface area contributed by atoms with E-state index in [1.54, 1.807) is 11.8 Å². The Morgan fingerprint density at radius 1 is 1.58 bits per heavy atom. The molecule has 72 valence electrons. The molecule has 1 unspecified atom stereocenters. The molecule has 0 heterocycles. The molecule has 0 spiro atoms. The van der Waals surface area contributed by atoms with Crippen molar-refractivity contribution in [3.8, 4) is 0 Å². The van der Waals surface area contributed by atoms with Crippen molar-refractivity contribution in [2.45, 2.75) is 31.4 Å². The maximum Gasteiger partial charge on any atom is 0.303 e. The number of aliphatic hydroxyl groups is 1. The van der Waals surface area contributed by atoms with Crippen molar-refractivity contribution in [2.24, 2.45) is 0 Å². The van der Waals surface area contributed by atoms with Crippen LogP contribution in [0, 0.1) is 0 Å². The van der Waals surface area contributed by atoms with E-state index in [1.165, 1.54) is 0 Å². The van der Waals surface area contributed by atoms with E-state index >= 15 is 0 Å². The number of rotatable bonds is 7. The number of hydrogen-bond acceptors (Lipinski definition) is 3. The summed E-state index contributed by atoms with van der Waals surface area (Å²) in [5, 5.41) is 17.3. The molecular weight excluding hydrogens is 176 g/mol. The third-order valence-corrected chi connectivity index (χ3v) is 2.80. The maximum atomic E-state index is 10.2. The molecule has 0 rings (SSSR count). The van der Waals surface area contributed by atoms with Crippen LogP contribution in [-0.4, -0.2) is 33.8 Å². The normalized spacial score (nSPS) is 12.8. The van der Waals surface area contributed by atoms with Crippen LogP contribution in [0.3, 0.4) is 0 Å². The number of hydrogen-bond donors (Lipinski definition) is 2. The van der Waals surface area contributed by atoms with Gasteiger partial charge in [-0.25, -0.2) is 0 Å². The van der Waals surface area contributed by atoms with Crippen LogP contribution in [-0.2, 0) is 4.79 Å². The van der Waals surface area contributed by atoms with Crippen molar-refractivity contribution in [3.63, 3.8) is 0 Å². The molecule has 0 bridgehead atoms.